The summed E-state index contributed by atoms with van der Waals surface area (Å²) in [7, 11) is 0. The lowest BCUT2D eigenvalue weighted by molar-refractivity contribution is 1.18. The minimum atomic E-state index is 0.818. The smallest absolute Gasteiger partial charge is 0.113 e. The Morgan fingerprint density at radius 2 is 0.556 bits per heavy atom. The summed E-state index contributed by atoms with van der Waals surface area (Å²) in [6.45, 7) is 5.90. The van der Waals surface area contributed by atoms with Crippen molar-refractivity contribution in [3.8, 4) is 35.5 Å². The summed E-state index contributed by atoms with van der Waals surface area (Å²) in [5.74, 6) is 18.3. The highest BCUT2D eigenvalue weighted by molar-refractivity contribution is 5.42. The van der Waals surface area contributed by atoms with Gasteiger partial charge in [0.15, 0.2) is 0 Å². The van der Waals surface area contributed by atoms with Crippen molar-refractivity contribution in [1.29, 1.82) is 0 Å². The van der Waals surface area contributed by atoms with Crippen LogP contribution in [0.25, 0.3) is 0 Å². The van der Waals surface area contributed by atoms with Crippen LogP contribution in [-0.4, -0.2) is 15.0 Å². The maximum atomic E-state index is 4.31. The van der Waals surface area contributed by atoms with E-state index in [0.717, 1.165) is 50.9 Å². The molecule has 0 fully saturated rings. The topological polar surface area (TPSA) is 38.7 Å². The molecule has 3 heterocycles. The molecule has 0 aliphatic rings. The van der Waals surface area contributed by atoms with E-state index < -0.39 is 0 Å². The molecule has 6 rings (SSSR count). The van der Waals surface area contributed by atoms with Crippen LogP contribution in [0, 0.1) is 56.3 Å². The van der Waals surface area contributed by atoms with E-state index >= 15 is 0 Å². The normalized spacial score (nSPS) is 9.13. The van der Waals surface area contributed by atoms with E-state index in [4.69, 9.17) is 0 Å². The van der Waals surface area contributed by atoms with Crippen molar-refractivity contribution in [3.63, 3.8) is 0 Å². The van der Waals surface area contributed by atoms with Gasteiger partial charge in [0.05, 0.1) is 0 Å². The number of aromatic nitrogens is 3. The van der Waals surface area contributed by atoms with Gasteiger partial charge in [-0.05, 0) is 111 Å². The van der Waals surface area contributed by atoms with E-state index in [1.165, 1.54) is 0 Å². The quantitative estimate of drug-likeness (QED) is 0.170. The van der Waals surface area contributed by atoms with Crippen LogP contribution in [0.3, 0.4) is 0 Å². The van der Waals surface area contributed by atoms with E-state index in [-0.39, 0.29) is 0 Å². The van der Waals surface area contributed by atoms with Gasteiger partial charge in [-0.2, -0.15) is 0 Å². The molecule has 6 aromatic rings. The van der Waals surface area contributed by atoms with E-state index in [1.54, 1.807) is 0 Å². The molecule has 0 aliphatic heterocycles. The lowest BCUT2D eigenvalue weighted by atomic mass is 10.2. The first-order valence-electron chi connectivity index (χ1n) is 14.6. The fourth-order valence-electron chi connectivity index (χ4n) is 3.81. The summed E-state index contributed by atoms with van der Waals surface area (Å²) in [5.41, 5.74) is 8.48. The number of hydrogen-bond acceptors (Lipinski definition) is 3. The Hall–Kier alpha value is -6.21. The number of benzene rings is 3. The van der Waals surface area contributed by atoms with Crippen molar-refractivity contribution in [3.05, 3.63) is 196 Å². The summed E-state index contributed by atoms with van der Waals surface area (Å²) >= 11 is 0. The van der Waals surface area contributed by atoms with E-state index in [0.29, 0.717) is 0 Å². The van der Waals surface area contributed by atoms with Crippen molar-refractivity contribution in [1.82, 2.24) is 15.0 Å². The summed E-state index contributed by atoms with van der Waals surface area (Å²) in [5, 5.41) is 0. The molecule has 0 spiro atoms. The van der Waals surface area contributed by atoms with Crippen LogP contribution in [0.4, 0.5) is 0 Å². The average Bonchev–Trinajstić information content (AvgIpc) is 3.08. The Bertz CT molecular complexity index is 1750. The third-order valence-electron chi connectivity index (χ3n) is 5.99. The van der Waals surface area contributed by atoms with Crippen molar-refractivity contribution in [2.75, 3.05) is 0 Å². The summed E-state index contributed by atoms with van der Waals surface area (Å²) in [6.07, 6.45) is 0. The van der Waals surface area contributed by atoms with E-state index in [2.05, 4.69) is 50.5 Å². The second-order valence-corrected chi connectivity index (χ2v) is 9.84. The first-order chi connectivity index (χ1) is 22.0. The second-order valence-electron chi connectivity index (χ2n) is 9.84. The average molecular weight is 580 g/mol. The zero-order valence-electron chi connectivity index (χ0n) is 25.7. The highest BCUT2D eigenvalue weighted by Gasteiger charge is 1.91. The standard InChI is InChI=1S/3C14H11N/c3*1-12-6-5-9-14(15-12)11-10-13-7-3-2-4-8-13/h3*2-9H,1H3. The van der Waals surface area contributed by atoms with Gasteiger partial charge in [0.25, 0.3) is 0 Å². The third kappa shape index (κ3) is 12.3. The summed E-state index contributed by atoms with van der Waals surface area (Å²) in [4.78, 5) is 12.9. The van der Waals surface area contributed by atoms with E-state index in [1.807, 2.05) is 166 Å². The Kier molecular flexibility index (Phi) is 12.5. The van der Waals surface area contributed by atoms with Gasteiger partial charge < -0.3 is 0 Å². The lowest BCUT2D eigenvalue weighted by Crippen LogP contribution is -1.84. The second kappa shape index (κ2) is 17.7. The molecule has 0 radical (unpaired) electrons. The van der Waals surface area contributed by atoms with Gasteiger partial charge in [-0.1, -0.05) is 90.6 Å². The minimum Gasteiger partial charge on any atom is -0.245 e. The van der Waals surface area contributed by atoms with Crippen LogP contribution in [0.5, 0.6) is 0 Å². The Morgan fingerprint density at radius 1 is 0.289 bits per heavy atom. The van der Waals surface area contributed by atoms with Crippen molar-refractivity contribution in [2.45, 2.75) is 20.8 Å². The Labute approximate surface area is 267 Å². The SMILES string of the molecule is Cc1cccc(C#Cc2ccccc2)n1.Cc1cccc(C#Cc2ccccc2)n1.Cc1cccc(C#Cc2ccccc2)n1. The molecule has 3 aromatic carbocycles. The molecule has 0 atom stereocenters. The number of nitrogens with zero attached hydrogens (tertiary/aromatic N) is 3. The van der Waals surface area contributed by atoms with E-state index in [9.17, 15) is 0 Å². The number of rotatable bonds is 0. The molecule has 0 saturated carbocycles. The molecule has 3 nitrogen and oxygen atoms in total. The maximum Gasteiger partial charge on any atom is 0.113 e. The van der Waals surface area contributed by atoms with Gasteiger partial charge in [-0.15, -0.1) is 0 Å². The number of pyridine rings is 3. The van der Waals surface area contributed by atoms with Crippen molar-refractivity contribution < 1.29 is 0 Å². The molecule has 3 heteroatoms. The Balaban J connectivity index is 0.000000154. The molecule has 0 bridgehead atoms. The molecule has 45 heavy (non-hydrogen) atoms. The number of aryl methyl sites for hydroxylation is 3. The lowest BCUT2D eigenvalue weighted by Gasteiger charge is -1.91. The maximum absolute atomic E-state index is 4.31. The van der Waals surface area contributed by atoms with Gasteiger partial charge in [0.2, 0.25) is 0 Å². The van der Waals surface area contributed by atoms with Crippen molar-refractivity contribution in [2.24, 2.45) is 0 Å². The van der Waals surface area contributed by atoms with Crippen LogP contribution in [0.1, 0.15) is 50.9 Å². The first kappa shape index (κ1) is 31.7. The minimum absolute atomic E-state index is 0.818. The zero-order valence-corrected chi connectivity index (χ0v) is 25.7. The van der Waals surface area contributed by atoms with Crippen LogP contribution < -0.4 is 0 Å². The largest absolute Gasteiger partial charge is 0.245 e. The van der Waals surface area contributed by atoms with Crippen LogP contribution in [0.15, 0.2) is 146 Å². The molecular weight excluding hydrogens is 546 g/mol. The molecule has 0 N–H and O–H groups in total. The van der Waals surface area contributed by atoms with Gasteiger partial charge in [0.1, 0.15) is 17.1 Å². The Morgan fingerprint density at radius 3 is 0.800 bits per heavy atom. The highest BCUT2D eigenvalue weighted by Crippen LogP contribution is 2.01. The van der Waals surface area contributed by atoms with Gasteiger partial charge in [0, 0.05) is 33.8 Å². The first-order valence-corrected chi connectivity index (χ1v) is 14.6. The third-order valence-corrected chi connectivity index (χ3v) is 5.99. The molecule has 216 valence electrons. The fraction of sp³-hybridized carbons (Fsp3) is 0.0714. The molecule has 0 saturated heterocycles. The van der Waals surface area contributed by atoms with Gasteiger partial charge in [-0.3, -0.25) is 0 Å². The monoisotopic (exact) mass is 579 g/mol. The summed E-state index contributed by atoms with van der Waals surface area (Å²) < 4.78 is 0. The fourth-order valence-corrected chi connectivity index (χ4v) is 3.81. The highest BCUT2D eigenvalue weighted by atomic mass is 14.7. The van der Waals surface area contributed by atoms with Crippen LogP contribution in [-0.2, 0) is 0 Å². The molecule has 3 aromatic heterocycles. The van der Waals surface area contributed by atoms with Crippen LogP contribution in [0.2, 0.25) is 0 Å². The van der Waals surface area contributed by atoms with Gasteiger partial charge >= 0.3 is 0 Å². The molecular formula is C42H33N3. The zero-order chi connectivity index (χ0) is 31.5. The number of hydrogen-bond donors (Lipinski definition) is 0. The summed E-state index contributed by atoms with van der Waals surface area (Å²) in [6, 6.07) is 47.3. The molecule has 0 amide bonds. The van der Waals surface area contributed by atoms with Gasteiger partial charge in [-0.25, -0.2) is 15.0 Å². The van der Waals surface area contributed by atoms with Crippen molar-refractivity contribution >= 4 is 0 Å². The predicted octanol–water partition coefficient (Wildman–Crippen LogP) is 8.37. The van der Waals surface area contributed by atoms with Crippen LogP contribution >= 0.6 is 0 Å². The molecule has 0 unspecified atom stereocenters. The predicted molar refractivity (Wildman–Crippen MR) is 184 cm³/mol. The molecule has 0 aliphatic carbocycles.